The van der Waals surface area contributed by atoms with E-state index in [1.807, 2.05) is 6.08 Å². The Kier molecular flexibility index (Phi) is 2.86. The summed E-state index contributed by atoms with van der Waals surface area (Å²) in [4.78, 5) is 23.5. The van der Waals surface area contributed by atoms with Gasteiger partial charge in [0.25, 0.3) is 0 Å². The molecule has 3 rings (SSSR count). The Balaban J connectivity index is 1.71. The highest BCUT2D eigenvalue weighted by molar-refractivity contribution is 5.87. The monoisotopic (exact) mass is 251 g/mol. The van der Waals surface area contributed by atoms with Crippen molar-refractivity contribution in [3.63, 3.8) is 0 Å². The van der Waals surface area contributed by atoms with E-state index in [9.17, 15) is 14.7 Å². The van der Waals surface area contributed by atoms with Gasteiger partial charge in [-0.1, -0.05) is 25.0 Å². The molecule has 1 saturated heterocycles. The lowest BCUT2D eigenvalue weighted by molar-refractivity contribution is -0.146. The number of carboxylic acids is 1. The van der Waals surface area contributed by atoms with Crippen LogP contribution in [0.5, 0.6) is 0 Å². The fourth-order valence-electron chi connectivity index (χ4n) is 3.28. The number of rotatable bonds is 3. The van der Waals surface area contributed by atoms with E-state index in [2.05, 4.69) is 5.32 Å². The lowest BCUT2D eigenvalue weighted by Gasteiger charge is -2.23. The Bertz CT molecular complexity index is 400. The average molecular weight is 251 g/mol. The van der Waals surface area contributed by atoms with Crippen LogP contribution in [-0.4, -0.2) is 35.2 Å². The zero-order valence-corrected chi connectivity index (χ0v) is 10.0. The molecule has 1 amide bonds. The summed E-state index contributed by atoms with van der Waals surface area (Å²) in [5, 5.41) is 12.2. The van der Waals surface area contributed by atoms with E-state index >= 15 is 0 Å². The Labute approximate surface area is 105 Å². The second kappa shape index (κ2) is 4.39. The second-order valence-electron chi connectivity index (χ2n) is 5.33. The third kappa shape index (κ3) is 1.82. The van der Waals surface area contributed by atoms with E-state index in [0.29, 0.717) is 0 Å². The lowest BCUT2D eigenvalue weighted by Crippen LogP contribution is -2.45. The number of carbonyl (C=O) groups is 2. The average Bonchev–Trinajstić information content (AvgIpc) is 3.03. The maximum absolute atomic E-state index is 12.2. The van der Waals surface area contributed by atoms with Crippen molar-refractivity contribution in [3.05, 3.63) is 12.2 Å². The lowest BCUT2D eigenvalue weighted by atomic mass is 9.82. The molecular weight excluding hydrogens is 234 g/mol. The summed E-state index contributed by atoms with van der Waals surface area (Å²) in [6, 6.07) is 0.218. The van der Waals surface area contributed by atoms with E-state index in [-0.39, 0.29) is 18.1 Å². The molecule has 3 aliphatic rings. The minimum Gasteiger partial charge on any atom is -0.481 e. The number of fused-ring (bicyclic) bond motifs is 2. The van der Waals surface area contributed by atoms with E-state index in [0.717, 1.165) is 25.7 Å². The molecule has 98 valence electrons. The van der Waals surface area contributed by atoms with Crippen LogP contribution < -0.4 is 5.32 Å². The normalized spacial score (nSPS) is 38.2. The number of aliphatic carboxylic acids is 1. The fraction of sp³-hybridized carbons (Fsp3) is 0.692. The molecule has 1 aliphatic carbocycles. The van der Waals surface area contributed by atoms with Crippen LogP contribution in [0, 0.1) is 11.8 Å². The number of hydrogen-bond acceptors (Lipinski definition) is 3. The quantitative estimate of drug-likeness (QED) is 0.724. The van der Waals surface area contributed by atoms with Crippen LogP contribution >= 0.6 is 0 Å². The maximum Gasteiger partial charge on any atom is 0.310 e. The number of amides is 1. The minimum atomic E-state index is -0.946. The van der Waals surface area contributed by atoms with Crippen LogP contribution in [0.1, 0.15) is 25.7 Å². The van der Waals surface area contributed by atoms with Crippen molar-refractivity contribution >= 4 is 11.9 Å². The van der Waals surface area contributed by atoms with Gasteiger partial charge in [-0.05, 0) is 12.8 Å². The Morgan fingerprint density at radius 1 is 1.11 bits per heavy atom. The molecule has 2 heterocycles. The molecule has 2 bridgehead atoms. The van der Waals surface area contributed by atoms with Crippen molar-refractivity contribution in [2.45, 2.75) is 43.9 Å². The number of carbonyl (C=O) groups excluding carboxylic acids is 1. The first-order valence-electron chi connectivity index (χ1n) is 6.54. The zero-order chi connectivity index (χ0) is 12.7. The standard InChI is InChI=1S/C13H17NO4/c15-12(14-7-3-1-2-4-7)10-8-5-6-9(18-8)11(10)13(16)17/h5-11H,1-4H2,(H,14,15)(H,16,17)/t8-,9-,10-,11-/m1/s1. The van der Waals surface area contributed by atoms with Gasteiger partial charge in [0, 0.05) is 6.04 Å². The Morgan fingerprint density at radius 2 is 1.72 bits per heavy atom. The van der Waals surface area contributed by atoms with Crippen LogP contribution in [0.3, 0.4) is 0 Å². The summed E-state index contributed by atoms with van der Waals surface area (Å²) in [5.74, 6) is -2.41. The van der Waals surface area contributed by atoms with Crippen molar-refractivity contribution in [1.82, 2.24) is 5.32 Å². The molecule has 1 saturated carbocycles. The molecule has 5 heteroatoms. The zero-order valence-electron chi connectivity index (χ0n) is 10.0. The number of hydrogen-bond donors (Lipinski definition) is 2. The molecule has 0 unspecified atom stereocenters. The predicted octanol–water partition coefficient (Wildman–Crippen LogP) is 0.699. The molecule has 2 aliphatic heterocycles. The highest BCUT2D eigenvalue weighted by Gasteiger charge is 2.53. The van der Waals surface area contributed by atoms with Gasteiger partial charge in [0.15, 0.2) is 0 Å². The molecule has 2 N–H and O–H groups in total. The summed E-state index contributed by atoms with van der Waals surface area (Å²) in [6.45, 7) is 0. The molecule has 4 atom stereocenters. The van der Waals surface area contributed by atoms with Crippen molar-refractivity contribution in [2.24, 2.45) is 11.8 Å². The van der Waals surface area contributed by atoms with Gasteiger partial charge < -0.3 is 15.2 Å². The van der Waals surface area contributed by atoms with Gasteiger partial charge in [0.1, 0.15) is 5.92 Å². The third-order valence-electron chi connectivity index (χ3n) is 4.19. The van der Waals surface area contributed by atoms with Crippen molar-refractivity contribution < 1.29 is 19.4 Å². The third-order valence-corrected chi connectivity index (χ3v) is 4.19. The molecule has 0 spiro atoms. The molecule has 18 heavy (non-hydrogen) atoms. The Morgan fingerprint density at radius 3 is 2.33 bits per heavy atom. The molecule has 0 aromatic rings. The number of nitrogens with one attached hydrogen (secondary N) is 1. The summed E-state index contributed by atoms with van der Waals surface area (Å²) in [7, 11) is 0. The summed E-state index contributed by atoms with van der Waals surface area (Å²) >= 11 is 0. The van der Waals surface area contributed by atoms with Crippen LogP contribution in [0.4, 0.5) is 0 Å². The second-order valence-corrected chi connectivity index (χ2v) is 5.33. The molecule has 0 aromatic carbocycles. The SMILES string of the molecule is O=C(O)[C@H]1[C@H](C(=O)NC2CCCC2)[C@H]2C=C[C@H]1O2. The van der Waals surface area contributed by atoms with E-state index in [4.69, 9.17) is 4.74 Å². The van der Waals surface area contributed by atoms with Crippen LogP contribution in [0.15, 0.2) is 12.2 Å². The van der Waals surface area contributed by atoms with Gasteiger partial charge in [-0.3, -0.25) is 9.59 Å². The minimum absolute atomic E-state index is 0.161. The fourth-order valence-corrected chi connectivity index (χ4v) is 3.28. The van der Waals surface area contributed by atoms with Crippen LogP contribution in [-0.2, 0) is 14.3 Å². The molecule has 0 aromatic heterocycles. The largest absolute Gasteiger partial charge is 0.481 e. The summed E-state index contributed by atoms with van der Waals surface area (Å²) < 4.78 is 5.49. The molecule has 2 fully saturated rings. The van der Waals surface area contributed by atoms with Gasteiger partial charge in [-0.25, -0.2) is 0 Å². The first kappa shape index (κ1) is 11.7. The van der Waals surface area contributed by atoms with Gasteiger partial charge in [0.05, 0.1) is 18.1 Å². The van der Waals surface area contributed by atoms with Gasteiger partial charge in [0.2, 0.25) is 5.91 Å². The maximum atomic E-state index is 12.2. The van der Waals surface area contributed by atoms with Gasteiger partial charge in [-0.15, -0.1) is 0 Å². The van der Waals surface area contributed by atoms with Crippen molar-refractivity contribution in [3.8, 4) is 0 Å². The summed E-state index contributed by atoms with van der Waals surface area (Å²) in [5.41, 5.74) is 0. The van der Waals surface area contributed by atoms with Gasteiger partial charge in [-0.2, -0.15) is 0 Å². The van der Waals surface area contributed by atoms with Crippen LogP contribution in [0.2, 0.25) is 0 Å². The number of carboxylic acid groups (broad SMARTS) is 1. The van der Waals surface area contributed by atoms with Gasteiger partial charge >= 0.3 is 5.97 Å². The highest BCUT2D eigenvalue weighted by Crippen LogP contribution is 2.39. The first-order chi connectivity index (χ1) is 8.66. The van der Waals surface area contributed by atoms with Crippen molar-refractivity contribution in [1.29, 1.82) is 0 Å². The topological polar surface area (TPSA) is 75.6 Å². The van der Waals surface area contributed by atoms with E-state index in [1.54, 1.807) is 6.08 Å². The molecule has 5 nitrogen and oxygen atoms in total. The van der Waals surface area contributed by atoms with E-state index in [1.165, 1.54) is 0 Å². The smallest absolute Gasteiger partial charge is 0.310 e. The Hall–Kier alpha value is -1.36. The number of ether oxygens (including phenoxy) is 1. The first-order valence-corrected chi connectivity index (χ1v) is 6.54. The van der Waals surface area contributed by atoms with Crippen molar-refractivity contribution in [2.75, 3.05) is 0 Å². The predicted molar refractivity (Wildman–Crippen MR) is 62.8 cm³/mol. The highest BCUT2D eigenvalue weighted by atomic mass is 16.5. The molecule has 0 radical (unpaired) electrons. The molecular formula is C13H17NO4. The van der Waals surface area contributed by atoms with Crippen LogP contribution in [0.25, 0.3) is 0 Å². The van der Waals surface area contributed by atoms with E-state index < -0.39 is 23.9 Å². The summed E-state index contributed by atoms with van der Waals surface area (Å²) in [6.07, 6.45) is 7.04.